The number of furan rings is 2. The number of aliphatic carboxylic acids is 1. The molecule has 4 heterocycles. The SMILES string of the molecule is COC(=O)Cn1c(-c2ccoc2)c(C2CCCCC2)c2ccc(C(=O)OC)cc21.O=C(O)Cn1c(-c2ccoc2)c(C2CCCCC2)c2ccc(C(=O)O)cc21. The van der Waals surface area contributed by atoms with Crippen LogP contribution in [0.4, 0.5) is 0 Å². The van der Waals surface area contributed by atoms with Gasteiger partial charge in [0, 0.05) is 21.9 Å². The number of aromatic carboxylic acids is 1. The number of aromatic nitrogens is 2. The number of fused-ring (bicyclic) bond motifs is 2. The van der Waals surface area contributed by atoms with E-state index in [9.17, 15) is 29.4 Å². The lowest BCUT2D eigenvalue weighted by Gasteiger charge is -2.23. The Labute approximate surface area is 323 Å². The Bertz CT molecular complexity index is 2350. The van der Waals surface area contributed by atoms with Crippen molar-refractivity contribution < 1.29 is 47.7 Å². The van der Waals surface area contributed by atoms with Gasteiger partial charge in [-0.3, -0.25) is 9.59 Å². The third kappa shape index (κ3) is 7.60. The Balaban J connectivity index is 0.000000172. The van der Waals surface area contributed by atoms with Crippen LogP contribution in [0.5, 0.6) is 0 Å². The average Bonchev–Trinajstić information content (AvgIpc) is 4.05. The molecule has 2 aliphatic carbocycles. The largest absolute Gasteiger partial charge is 0.480 e. The summed E-state index contributed by atoms with van der Waals surface area (Å²) in [6, 6.07) is 14.3. The zero-order valence-electron chi connectivity index (χ0n) is 31.6. The lowest BCUT2D eigenvalue weighted by Crippen LogP contribution is -2.13. The van der Waals surface area contributed by atoms with Gasteiger partial charge in [0.1, 0.15) is 13.1 Å². The van der Waals surface area contributed by atoms with Crippen molar-refractivity contribution in [2.75, 3.05) is 14.2 Å². The van der Waals surface area contributed by atoms with E-state index in [0.29, 0.717) is 22.9 Å². The van der Waals surface area contributed by atoms with Crippen LogP contribution < -0.4 is 0 Å². The van der Waals surface area contributed by atoms with E-state index in [2.05, 4.69) is 0 Å². The van der Waals surface area contributed by atoms with Crippen LogP contribution in [-0.4, -0.2) is 57.4 Å². The van der Waals surface area contributed by atoms with Gasteiger partial charge >= 0.3 is 23.9 Å². The normalized spacial score (nSPS) is 15.0. The Morgan fingerprint density at radius 2 is 1.12 bits per heavy atom. The maximum Gasteiger partial charge on any atom is 0.337 e. The summed E-state index contributed by atoms with van der Waals surface area (Å²) < 4.78 is 24.2. The van der Waals surface area contributed by atoms with Crippen LogP contribution in [0.2, 0.25) is 0 Å². The number of hydrogen-bond acceptors (Lipinski definition) is 8. The molecule has 0 saturated heterocycles. The number of nitrogens with zero attached hydrogens (tertiary/aromatic N) is 2. The lowest BCUT2D eigenvalue weighted by atomic mass is 9.82. The number of carboxylic acids is 2. The molecular weight excluding hydrogens is 716 g/mol. The Morgan fingerprint density at radius 1 is 0.643 bits per heavy atom. The van der Waals surface area contributed by atoms with E-state index in [1.807, 2.05) is 28.8 Å². The molecule has 2 N–H and O–H groups in total. The second kappa shape index (κ2) is 16.8. The van der Waals surface area contributed by atoms with Crippen LogP contribution in [0.25, 0.3) is 44.3 Å². The van der Waals surface area contributed by atoms with Crippen molar-refractivity contribution in [2.45, 2.75) is 89.1 Å². The van der Waals surface area contributed by atoms with Crippen LogP contribution in [0.3, 0.4) is 0 Å². The third-order valence-corrected chi connectivity index (χ3v) is 11.3. The first kappa shape index (κ1) is 38.2. The Hall–Kier alpha value is -6.04. The molecule has 6 aromatic rings. The van der Waals surface area contributed by atoms with Crippen LogP contribution in [-0.2, 0) is 32.2 Å². The monoisotopic (exact) mass is 762 g/mol. The molecule has 56 heavy (non-hydrogen) atoms. The minimum absolute atomic E-state index is 0.0604. The van der Waals surface area contributed by atoms with E-state index in [0.717, 1.165) is 82.9 Å². The van der Waals surface area contributed by atoms with Gasteiger partial charge in [0.2, 0.25) is 0 Å². The molecule has 0 aliphatic heterocycles. The summed E-state index contributed by atoms with van der Waals surface area (Å²) >= 11 is 0. The smallest absolute Gasteiger partial charge is 0.337 e. The first-order valence-electron chi connectivity index (χ1n) is 19.2. The van der Waals surface area contributed by atoms with Gasteiger partial charge in [-0.25, -0.2) is 9.59 Å². The van der Waals surface area contributed by atoms with Crippen molar-refractivity contribution in [1.29, 1.82) is 0 Å². The first-order chi connectivity index (χ1) is 27.2. The summed E-state index contributed by atoms with van der Waals surface area (Å²) in [5.74, 6) is -2.00. The van der Waals surface area contributed by atoms with Gasteiger partial charge in [0.05, 0.1) is 72.8 Å². The molecule has 0 spiro atoms. The summed E-state index contributed by atoms with van der Waals surface area (Å²) in [7, 11) is 2.75. The van der Waals surface area contributed by atoms with E-state index in [1.54, 1.807) is 53.9 Å². The number of benzene rings is 2. The van der Waals surface area contributed by atoms with Gasteiger partial charge in [-0.05, 0) is 85.0 Å². The molecular formula is C44H46N2O10. The Kier molecular flexibility index (Phi) is 11.4. The van der Waals surface area contributed by atoms with Crippen molar-refractivity contribution >= 4 is 45.7 Å². The maximum atomic E-state index is 12.2. The second-order valence-electron chi connectivity index (χ2n) is 14.6. The fraction of sp³-hybridized carbons (Fsp3) is 0.364. The van der Waals surface area contributed by atoms with E-state index in [4.69, 9.17) is 18.3 Å². The average molecular weight is 763 g/mol. The highest BCUT2D eigenvalue weighted by Gasteiger charge is 2.30. The molecule has 292 valence electrons. The minimum Gasteiger partial charge on any atom is -0.480 e. The zero-order chi connectivity index (χ0) is 39.3. The van der Waals surface area contributed by atoms with Gasteiger partial charge in [0.25, 0.3) is 0 Å². The summed E-state index contributed by atoms with van der Waals surface area (Å²) in [5.41, 5.74) is 7.96. The van der Waals surface area contributed by atoms with Crippen molar-refractivity contribution in [1.82, 2.24) is 9.13 Å². The van der Waals surface area contributed by atoms with E-state index in [1.165, 1.54) is 45.5 Å². The molecule has 8 rings (SSSR count). The van der Waals surface area contributed by atoms with Crippen molar-refractivity contribution in [3.05, 3.63) is 95.8 Å². The van der Waals surface area contributed by atoms with Crippen LogP contribution in [0, 0.1) is 0 Å². The molecule has 12 nitrogen and oxygen atoms in total. The van der Waals surface area contributed by atoms with Gasteiger partial charge in [-0.15, -0.1) is 0 Å². The lowest BCUT2D eigenvalue weighted by molar-refractivity contribution is -0.141. The van der Waals surface area contributed by atoms with Crippen molar-refractivity contribution in [2.24, 2.45) is 0 Å². The number of hydrogen-bond donors (Lipinski definition) is 2. The van der Waals surface area contributed by atoms with Crippen molar-refractivity contribution in [3.63, 3.8) is 0 Å². The number of carbonyl (C=O) groups excluding carboxylic acids is 2. The summed E-state index contributed by atoms with van der Waals surface area (Å²) in [6.45, 7) is -0.169. The first-order valence-corrected chi connectivity index (χ1v) is 19.2. The highest BCUT2D eigenvalue weighted by atomic mass is 16.5. The number of ether oxygens (including phenoxy) is 2. The van der Waals surface area contributed by atoms with E-state index >= 15 is 0 Å². The highest BCUT2D eigenvalue weighted by molar-refractivity contribution is 6.00. The fourth-order valence-electron chi connectivity index (χ4n) is 8.82. The topological polar surface area (TPSA) is 163 Å². The molecule has 2 fully saturated rings. The minimum atomic E-state index is -1.02. The summed E-state index contributed by atoms with van der Waals surface area (Å²) in [5, 5.41) is 20.9. The molecule has 4 aromatic heterocycles. The maximum absolute atomic E-state index is 12.2. The van der Waals surface area contributed by atoms with Crippen LogP contribution >= 0.6 is 0 Å². The number of carbonyl (C=O) groups is 4. The third-order valence-electron chi connectivity index (χ3n) is 11.3. The number of methoxy groups -OCH3 is 2. The Morgan fingerprint density at radius 3 is 1.55 bits per heavy atom. The van der Waals surface area contributed by atoms with Crippen molar-refractivity contribution in [3.8, 4) is 22.5 Å². The molecule has 2 aromatic carbocycles. The molecule has 0 amide bonds. The predicted molar refractivity (Wildman–Crippen MR) is 209 cm³/mol. The predicted octanol–water partition coefficient (Wildman–Crippen LogP) is 9.64. The van der Waals surface area contributed by atoms with E-state index < -0.39 is 17.9 Å². The number of carboxylic acid groups (broad SMARTS) is 2. The second-order valence-corrected chi connectivity index (χ2v) is 14.6. The van der Waals surface area contributed by atoms with Gasteiger partial charge in [-0.2, -0.15) is 0 Å². The summed E-state index contributed by atoms with van der Waals surface area (Å²) in [6.07, 6.45) is 18.0. The molecule has 0 atom stereocenters. The van der Waals surface area contributed by atoms with Gasteiger partial charge in [-0.1, -0.05) is 50.7 Å². The molecule has 12 heteroatoms. The standard InChI is InChI=1S/C23H25NO5.C21H21NO5/c1-27-20(25)13-24-19-12-16(23(26)28-2)8-9-18(19)21(15-6-4-3-5-7-15)22(24)17-10-11-29-14-17;23-18(24)11-22-17-10-14(21(25)26)6-7-16(17)19(13-4-2-1-3-5-13)20(22)15-8-9-27-12-15/h8-12,14-15H,3-7,13H2,1-2H3;6-10,12-13H,1-5,11H2,(H,23,24)(H,25,26). The molecule has 0 unspecified atom stereocenters. The number of rotatable bonds is 10. The summed E-state index contributed by atoms with van der Waals surface area (Å²) in [4.78, 5) is 47.4. The van der Waals surface area contributed by atoms with E-state index in [-0.39, 0.29) is 24.6 Å². The van der Waals surface area contributed by atoms with Gasteiger partial charge < -0.3 is 37.7 Å². The van der Waals surface area contributed by atoms with Gasteiger partial charge in [0.15, 0.2) is 0 Å². The molecule has 2 aliphatic rings. The quantitative estimate of drug-likeness (QED) is 0.128. The molecule has 0 radical (unpaired) electrons. The van der Waals surface area contributed by atoms with Crippen LogP contribution in [0.1, 0.15) is 108 Å². The highest BCUT2D eigenvalue weighted by Crippen LogP contribution is 2.46. The van der Waals surface area contributed by atoms with Crippen LogP contribution in [0.15, 0.2) is 82.4 Å². The number of esters is 2. The molecule has 2 saturated carbocycles. The zero-order valence-corrected chi connectivity index (χ0v) is 31.6. The molecule has 0 bridgehead atoms. The fourth-order valence-corrected chi connectivity index (χ4v) is 8.82.